The van der Waals surface area contributed by atoms with Crippen LogP contribution in [0.5, 0.6) is 0 Å². The number of hydrogen-bond donors (Lipinski definition) is 0. The number of rotatable bonds is 0. The Morgan fingerprint density at radius 3 is 0.500 bits per heavy atom. The smallest absolute Gasteiger partial charge is 0 e. The van der Waals surface area contributed by atoms with E-state index >= 15 is 0 Å². The van der Waals surface area contributed by atoms with Gasteiger partial charge in [0.1, 0.15) is 0 Å². The van der Waals surface area contributed by atoms with Crippen molar-refractivity contribution in [2.24, 2.45) is 0 Å². The average molecular weight is 758 g/mol. The Bertz CT molecular complexity index is 3.25. The molecule has 0 spiro atoms. The first-order valence-electron chi connectivity index (χ1n) is 0. The van der Waals surface area contributed by atoms with Gasteiger partial charge in [-0.05, 0) is 0 Å². The molecule has 0 unspecified atom stereocenters. The van der Waals surface area contributed by atoms with Gasteiger partial charge in [-0.15, -0.1) is 0 Å². The zero-order valence-electron chi connectivity index (χ0n) is 2.18. The molecule has 4 heteroatoms. The Hall–Kier alpha value is 4.10. The van der Waals surface area contributed by atoms with E-state index in [1.54, 1.807) is 0 Å². The molecule has 0 aromatic rings. The Morgan fingerprint density at radius 2 is 0.500 bits per heavy atom. The summed E-state index contributed by atoms with van der Waals surface area (Å²) < 4.78 is 0. The molecule has 0 aliphatic carbocycles. The van der Waals surface area contributed by atoms with Crippen LogP contribution < -0.4 is 0 Å². The van der Waals surface area contributed by atoms with Gasteiger partial charge in [-0.2, -0.15) is 0 Å². The van der Waals surface area contributed by atoms with Crippen molar-refractivity contribution in [3.05, 3.63) is 0 Å². The maximum Gasteiger partial charge on any atom is 0 e. The first-order valence-corrected chi connectivity index (χ1v) is 0. The molecular weight excluding hydrogens is 758 g/mol. The van der Waals surface area contributed by atoms with Crippen LogP contribution in [0.25, 0.3) is 0 Å². The molecule has 14 valence electrons. The summed E-state index contributed by atoms with van der Waals surface area (Å²) in [5, 5.41) is 0. The molecule has 0 aromatic heterocycles. The van der Waals surface area contributed by atoms with Crippen molar-refractivity contribution in [2.45, 2.75) is 0 Å². The summed E-state index contributed by atoms with van der Waals surface area (Å²) in [6.07, 6.45) is 0. The molecule has 0 aliphatic rings. The van der Waals surface area contributed by atoms with Gasteiger partial charge in [-0.1, -0.05) is 0 Å². The maximum atomic E-state index is 0. The fraction of sp³-hybridized carbons (Fsp3) is 0. The SMILES string of the molecule is [Pm].[Tl].[Tl].[Tl]. The van der Waals surface area contributed by atoms with E-state index in [0.717, 1.165) is 0 Å². The minimum atomic E-state index is 0. The van der Waals surface area contributed by atoms with Crippen LogP contribution in [0.4, 0.5) is 0 Å². The van der Waals surface area contributed by atoms with E-state index in [1.807, 2.05) is 0 Å². The second-order valence-electron chi connectivity index (χ2n) is 0. The van der Waals surface area contributed by atoms with Gasteiger partial charge in [0.05, 0.1) is 0 Å². The van der Waals surface area contributed by atoms with Crippen LogP contribution in [0.1, 0.15) is 0 Å². The monoisotopic (exact) mass is 760 g/mol. The van der Waals surface area contributed by atoms with Crippen LogP contribution in [0, 0.1) is 40.4 Å². The zero-order chi connectivity index (χ0) is 0. The van der Waals surface area contributed by atoms with E-state index in [0.29, 0.717) is 0 Å². The molecular formula is PmTl3. The Labute approximate surface area is 119 Å². The van der Waals surface area contributed by atoms with E-state index in [9.17, 15) is 0 Å². The molecule has 0 bridgehead atoms. The Kier molecular flexibility index (Phi) is 95.4. The van der Waals surface area contributed by atoms with E-state index in [4.69, 9.17) is 0 Å². The minimum absolute atomic E-state index is 0. The van der Waals surface area contributed by atoms with Crippen molar-refractivity contribution in [2.75, 3.05) is 0 Å². The third kappa shape index (κ3) is 9.44. The van der Waals surface area contributed by atoms with Gasteiger partial charge in [-0.3, -0.25) is 0 Å². The van der Waals surface area contributed by atoms with Crippen molar-refractivity contribution in [3.8, 4) is 0 Å². The summed E-state index contributed by atoms with van der Waals surface area (Å²) in [6, 6.07) is 0. The van der Waals surface area contributed by atoms with Crippen molar-refractivity contribution in [1.82, 2.24) is 0 Å². The second-order valence-corrected chi connectivity index (χ2v) is 0. The zero-order valence-corrected chi connectivity index (χ0v) is 18.5. The predicted molar refractivity (Wildman–Crippen MR) is 17.3 cm³/mol. The van der Waals surface area contributed by atoms with E-state index < -0.39 is 0 Å². The van der Waals surface area contributed by atoms with Gasteiger partial charge in [0.2, 0.25) is 0 Å². The molecule has 0 atom stereocenters. The topological polar surface area (TPSA) is 0 Å². The summed E-state index contributed by atoms with van der Waals surface area (Å²) in [5.74, 6) is 0. The molecule has 0 saturated carbocycles. The Morgan fingerprint density at radius 1 is 0.500 bits per heavy atom. The van der Waals surface area contributed by atoms with E-state index in [1.165, 1.54) is 0 Å². The largest absolute Gasteiger partial charge is 0 e. The summed E-state index contributed by atoms with van der Waals surface area (Å²) in [4.78, 5) is 0. The van der Waals surface area contributed by atoms with Gasteiger partial charge >= 0.3 is 0 Å². The third-order valence-corrected chi connectivity index (χ3v) is 0. The van der Waals surface area contributed by atoms with Gasteiger partial charge in [0.15, 0.2) is 0 Å². The summed E-state index contributed by atoms with van der Waals surface area (Å²) in [7, 11) is 0. The normalized spacial score (nSPS) is 0. The fourth-order valence-corrected chi connectivity index (χ4v) is 0. The summed E-state index contributed by atoms with van der Waals surface area (Å²) in [5.41, 5.74) is 0. The minimum Gasteiger partial charge on any atom is 0 e. The predicted octanol–water partition coefficient (Wildman–Crippen LogP) is -1.14. The molecule has 0 aromatic carbocycles. The molecule has 0 aliphatic heterocycles. The van der Waals surface area contributed by atoms with Gasteiger partial charge in [0.25, 0.3) is 0 Å². The molecule has 0 rings (SSSR count). The van der Waals surface area contributed by atoms with Gasteiger partial charge < -0.3 is 0 Å². The number of hydrogen-bond acceptors (Lipinski definition) is 0. The van der Waals surface area contributed by atoms with Crippen LogP contribution in [-0.2, 0) is 0 Å². The molecule has 0 saturated heterocycles. The van der Waals surface area contributed by atoms with Crippen molar-refractivity contribution >= 4 is 81.9 Å². The average Bonchev–Trinajstić information content (AvgIpc) is 0. The molecule has 0 N–H and O–H groups in total. The standard InChI is InChI=1S/Pm.3Tl. The first kappa shape index (κ1) is 24.3. The van der Waals surface area contributed by atoms with Gasteiger partial charge in [-0.25, -0.2) is 0 Å². The van der Waals surface area contributed by atoms with Crippen LogP contribution in [0.15, 0.2) is 0 Å². The van der Waals surface area contributed by atoms with Crippen LogP contribution in [0.2, 0.25) is 0 Å². The molecule has 0 fully saturated rings. The first-order chi connectivity index (χ1) is 0. The summed E-state index contributed by atoms with van der Waals surface area (Å²) >= 11 is 0. The third-order valence-electron chi connectivity index (χ3n) is 0. The van der Waals surface area contributed by atoms with Gasteiger partial charge in [0, 0.05) is 122 Å². The van der Waals surface area contributed by atoms with Crippen LogP contribution in [0.3, 0.4) is 0 Å². The fourth-order valence-electron chi connectivity index (χ4n) is 0. The van der Waals surface area contributed by atoms with E-state index in [2.05, 4.69) is 0 Å². The van der Waals surface area contributed by atoms with Crippen molar-refractivity contribution in [3.63, 3.8) is 0 Å². The summed E-state index contributed by atoms with van der Waals surface area (Å²) in [6.45, 7) is 0. The Balaban J connectivity index is 0. The van der Waals surface area contributed by atoms with Crippen LogP contribution >= 0.6 is 0 Å². The molecule has 4 heavy (non-hydrogen) atoms. The van der Waals surface area contributed by atoms with Crippen LogP contribution in [-0.4, -0.2) is 81.9 Å². The van der Waals surface area contributed by atoms with Crippen molar-refractivity contribution in [1.29, 1.82) is 0 Å². The maximum absolute atomic E-state index is 0. The molecule has 0 amide bonds. The molecule has 4 radical (unpaired) electrons. The molecule has 0 heterocycles. The quantitative estimate of drug-likeness (QED) is 0.275. The molecule has 0 nitrogen and oxygen atoms in total. The van der Waals surface area contributed by atoms with E-state index in [-0.39, 0.29) is 122 Å². The second kappa shape index (κ2) is 15.7. The van der Waals surface area contributed by atoms with Crippen molar-refractivity contribution < 1.29 is 40.4 Å².